The van der Waals surface area contributed by atoms with Crippen LogP contribution in [0.15, 0.2) is 132 Å². The maximum Gasteiger partial charge on any atom is 0.346 e. The van der Waals surface area contributed by atoms with Gasteiger partial charge < -0.3 is 23.5 Å². The van der Waals surface area contributed by atoms with Crippen LogP contribution in [0.3, 0.4) is 0 Å². The van der Waals surface area contributed by atoms with Gasteiger partial charge in [0.2, 0.25) is 11.1 Å². The Bertz CT molecular complexity index is 3590. The number of halogens is 1. The van der Waals surface area contributed by atoms with E-state index in [0.29, 0.717) is 51.5 Å². The summed E-state index contributed by atoms with van der Waals surface area (Å²) >= 11 is 0. The minimum atomic E-state index is -1.19. The van der Waals surface area contributed by atoms with Crippen molar-refractivity contribution in [3.63, 3.8) is 0 Å². The van der Waals surface area contributed by atoms with E-state index in [4.69, 9.17) is 8.83 Å². The number of aromatic amines is 1. The van der Waals surface area contributed by atoms with Crippen LogP contribution in [0, 0.1) is 26.6 Å². The number of fused-ring (bicyclic) bond motifs is 5. The number of aromatic carboxylic acids is 1. The molecule has 5 aromatic heterocycles. The summed E-state index contributed by atoms with van der Waals surface area (Å²) in [5.41, 5.74) is 11.0. The van der Waals surface area contributed by atoms with Gasteiger partial charge in [0.05, 0.1) is 45.5 Å². The Labute approximate surface area is 360 Å². The van der Waals surface area contributed by atoms with Gasteiger partial charge in [0.1, 0.15) is 17.7 Å². The number of hydrazone groups is 2. The molecule has 0 aliphatic rings. The summed E-state index contributed by atoms with van der Waals surface area (Å²) in [7, 11) is 0. The van der Waals surface area contributed by atoms with Crippen LogP contribution in [-0.2, 0) is 12.8 Å². The van der Waals surface area contributed by atoms with Crippen molar-refractivity contribution in [2.75, 3.05) is 0 Å². The Morgan fingerprint density at radius 3 is 2.28 bits per heavy atom. The van der Waals surface area contributed by atoms with Crippen LogP contribution >= 0.6 is 0 Å². The fraction of sp³-hybridized carbons (Fsp3) is 0.104. The van der Waals surface area contributed by atoms with Gasteiger partial charge in [0, 0.05) is 56.9 Å². The zero-order valence-corrected chi connectivity index (χ0v) is 34.4. The highest BCUT2D eigenvalue weighted by molar-refractivity contribution is 6.02. The first kappa shape index (κ1) is 40.7. The van der Waals surface area contributed by atoms with Gasteiger partial charge in [-0.1, -0.05) is 6.07 Å². The van der Waals surface area contributed by atoms with Gasteiger partial charge in [-0.3, -0.25) is 18.8 Å². The van der Waals surface area contributed by atoms with Crippen molar-refractivity contribution in [1.82, 2.24) is 24.8 Å². The highest BCUT2D eigenvalue weighted by atomic mass is 19.1. The van der Waals surface area contributed by atoms with Crippen LogP contribution < -0.4 is 21.9 Å². The summed E-state index contributed by atoms with van der Waals surface area (Å²) in [6.45, 7) is 5.55. The summed E-state index contributed by atoms with van der Waals surface area (Å²) in [5.74, 6) is -2.76. The molecule has 0 aliphatic carbocycles. The lowest BCUT2D eigenvalue weighted by molar-refractivity contribution is 0.0696. The van der Waals surface area contributed by atoms with Gasteiger partial charge in [-0.25, -0.2) is 24.8 Å². The fourth-order valence-corrected chi connectivity index (χ4v) is 8.02. The second-order valence-electron chi connectivity index (χ2n) is 15.3. The quantitative estimate of drug-likeness (QED) is 0.0755. The maximum atomic E-state index is 13.6. The fourth-order valence-electron chi connectivity index (χ4n) is 8.02. The monoisotopic (exact) mass is 857 g/mol. The number of nitrogens with zero attached hydrogens (tertiary/aromatic N) is 4. The molecule has 0 bridgehead atoms. The Kier molecular flexibility index (Phi) is 10.4. The molecule has 0 aliphatic heterocycles. The highest BCUT2D eigenvalue weighted by Gasteiger charge is 2.20. The minimum absolute atomic E-state index is 0.0337. The maximum absolute atomic E-state index is 13.6. The van der Waals surface area contributed by atoms with E-state index in [0.717, 1.165) is 22.5 Å². The highest BCUT2D eigenvalue weighted by Crippen LogP contribution is 2.26. The van der Waals surface area contributed by atoms with Crippen molar-refractivity contribution >= 4 is 68.7 Å². The van der Waals surface area contributed by atoms with Crippen molar-refractivity contribution < 1.29 is 32.7 Å². The molecule has 0 atom stereocenters. The number of aryl methyl sites for hydroxylation is 5. The van der Waals surface area contributed by atoms with Gasteiger partial charge in [0.25, 0.3) is 11.8 Å². The number of carboxylic acid groups (broad SMARTS) is 1. The van der Waals surface area contributed by atoms with Crippen molar-refractivity contribution in [2.45, 2.75) is 33.6 Å². The minimum Gasteiger partial charge on any atom is -0.478 e. The summed E-state index contributed by atoms with van der Waals surface area (Å²) in [6, 6.07) is 23.9. The summed E-state index contributed by atoms with van der Waals surface area (Å²) in [5, 5.41) is 19.7. The van der Waals surface area contributed by atoms with Crippen LogP contribution in [-0.4, -0.2) is 49.3 Å². The number of amides is 2. The molecule has 0 saturated carbocycles. The number of aromatic nitrogens is 3. The molecule has 9 rings (SSSR count). The zero-order valence-electron chi connectivity index (χ0n) is 34.4. The van der Waals surface area contributed by atoms with Gasteiger partial charge in [-0.15, -0.1) is 0 Å². The summed E-state index contributed by atoms with van der Waals surface area (Å²) in [4.78, 5) is 68.4. The van der Waals surface area contributed by atoms with Crippen molar-refractivity contribution in [2.24, 2.45) is 10.2 Å². The molecule has 15 nitrogen and oxygen atoms in total. The van der Waals surface area contributed by atoms with Crippen molar-refractivity contribution in [3.8, 4) is 5.69 Å². The average Bonchev–Trinajstić information content (AvgIpc) is 3.98. The van der Waals surface area contributed by atoms with Gasteiger partial charge in [-0.2, -0.15) is 10.2 Å². The summed E-state index contributed by atoms with van der Waals surface area (Å²) < 4.78 is 28.5. The first-order valence-electron chi connectivity index (χ1n) is 19.9. The van der Waals surface area contributed by atoms with E-state index in [1.165, 1.54) is 61.2 Å². The number of carboxylic acids is 1. The second kappa shape index (κ2) is 16.3. The molecule has 16 heteroatoms. The van der Waals surface area contributed by atoms with E-state index < -0.39 is 29.2 Å². The molecule has 5 heterocycles. The van der Waals surface area contributed by atoms with Crippen LogP contribution in [0.1, 0.15) is 70.4 Å². The number of hydrogen-bond donors (Lipinski definition) is 4. The van der Waals surface area contributed by atoms with E-state index >= 15 is 0 Å². The molecular weight excluding hydrogens is 822 g/mol. The van der Waals surface area contributed by atoms with E-state index in [1.54, 1.807) is 45.5 Å². The first-order chi connectivity index (χ1) is 30.8. The smallest absolute Gasteiger partial charge is 0.346 e. The van der Waals surface area contributed by atoms with Gasteiger partial charge in [0.15, 0.2) is 0 Å². The molecule has 0 unspecified atom stereocenters. The van der Waals surface area contributed by atoms with Crippen molar-refractivity contribution in [1.29, 1.82) is 0 Å². The number of H-pyrrole nitrogens is 1. The van der Waals surface area contributed by atoms with Crippen LogP contribution in [0.2, 0.25) is 0 Å². The molecule has 2 amide bonds. The lowest BCUT2D eigenvalue weighted by Crippen LogP contribution is -2.19. The van der Waals surface area contributed by atoms with Crippen molar-refractivity contribution in [3.05, 3.63) is 186 Å². The van der Waals surface area contributed by atoms with Crippen LogP contribution in [0.25, 0.3) is 44.2 Å². The Morgan fingerprint density at radius 1 is 0.797 bits per heavy atom. The van der Waals surface area contributed by atoms with E-state index in [1.807, 2.05) is 39.0 Å². The molecule has 0 radical (unpaired) electrons. The first-order valence-corrected chi connectivity index (χ1v) is 19.9. The number of carbonyl (C=O) groups excluding carboxylic acids is 2. The zero-order chi connectivity index (χ0) is 44.8. The van der Waals surface area contributed by atoms with Gasteiger partial charge in [-0.05, 0) is 124 Å². The number of carbonyl (C=O) groups is 3. The molecule has 0 fully saturated rings. The third kappa shape index (κ3) is 7.53. The van der Waals surface area contributed by atoms with E-state index in [9.17, 15) is 33.5 Å². The number of rotatable bonds is 11. The second-order valence-corrected chi connectivity index (χ2v) is 15.3. The normalized spacial score (nSPS) is 11.8. The predicted molar refractivity (Wildman–Crippen MR) is 239 cm³/mol. The molecule has 318 valence electrons. The summed E-state index contributed by atoms with van der Waals surface area (Å²) in [6.07, 6.45) is 6.33. The Balaban J connectivity index is 0.965. The molecule has 4 aromatic carbocycles. The lowest BCUT2D eigenvalue weighted by Gasteiger charge is -2.16. The standard InChI is InChI=1S/C48H36FN7O8/c1-25-16-26(2)43-41(17-25)63-24-31(44(43)57)23-52-54-46(59)29-6-13-37-40(19-29)56-34(11-15-42(56)64-48(37)62)10-9-33-8-4-27(3)55(33)39-18-28(5-12-36(39)47(60)61)45(58)53-51-22-30-21-50-38-20-32(49)7-14-35(30)38/h4-8,11-24,50H,9-10H2,1-3H3,(H,53,58)(H,54,59)(H,60,61). The predicted octanol–water partition coefficient (Wildman–Crippen LogP) is 7.50. The third-order valence-corrected chi connectivity index (χ3v) is 11.0. The topological polar surface area (TPSA) is 206 Å². The number of benzene rings is 4. The van der Waals surface area contributed by atoms with E-state index in [-0.39, 0.29) is 44.5 Å². The molecule has 9 aromatic rings. The Morgan fingerprint density at radius 2 is 1.50 bits per heavy atom. The average molecular weight is 858 g/mol. The van der Waals surface area contributed by atoms with E-state index in [2.05, 4.69) is 26.0 Å². The van der Waals surface area contributed by atoms with Crippen LogP contribution in [0.5, 0.6) is 0 Å². The number of nitrogens with one attached hydrogen (secondary N) is 3. The largest absolute Gasteiger partial charge is 0.478 e. The molecule has 0 spiro atoms. The van der Waals surface area contributed by atoms with Crippen LogP contribution in [0.4, 0.5) is 4.39 Å². The molecule has 0 saturated heterocycles. The third-order valence-electron chi connectivity index (χ3n) is 11.0. The molecule has 4 N–H and O–H groups in total. The molecular formula is C48H36FN7O8. The number of hydrogen-bond acceptors (Lipinski definition) is 9. The van der Waals surface area contributed by atoms with Gasteiger partial charge >= 0.3 is 11.6 Å². The lowest BCUT2D eigenvalue weighted by atomic mass is 10.1. The molecule has 64 heavy (non-hydrogen) atoms. The SMILES string of the molecule is Cc1cc(C)c2c(=O)c(C=NNC(=O)c3ccc4c(=O)oc5ccc(CCc6ccc(C)n6-c6cc(C(=O)NN=Cc7c[nH]c8cc(F)ccc78)ccc6C(=O)O)n5c4c3)coc2c1. The Hall–Kier alpha value is -8.66.